The summed E-state index contributed by atoms with van der Waals surface area (Å²) in [5.74, 6) is 0.721. The number of sulfonamides is 1. The first-order valence-electron chi connectivity index (χ1n) is 11.6. The van der Waals surface area contributed by atoms with Gasteiger partial charge in [-0.25, -0.2) is 13.4 Å². The van der Waals surface area contributed by atoms with Crippen LogP contribution in [0.4, 0.5) is 5.69 Å². The van der Waals surface area contributed by atoms with E-state index in [0.29, 0.717) is 23.9 Å². The predicted molar refractivity (Wildman–Crippen MR) is 139 cm³/mol. The maximum atomic E-state index is 13.1. The van der Waals surface area contributed by atoms with Crippen LogP contribution in [0.2, 0.25) is 0 Å². The van der Waals surface area contributed by atoms with Crippen LogP contribution in [0.3, 0.4) is 0 Å². The van der Waals surface area contributed by atoms with Gasteiger partial charge in [-0.2, -0.15) is 4.31 Å². The van der Waals surface area contributed by atoms with Crippen molar-refractivity contribution in [1.82, 2.24) is 9.29 Å². The molecule has 4 rings (SSSR count). The number of benzene rings is 2. The van der Waals surface area contributed by atoms with Crippen LogP contribution >= 0.6 is 11.8 Å². The Morgan fingerprint density at radius 2 is 1.74 bits per heavy atom. The maximum absolute atomic E-state index is 13.1. The average molecular weight is 498 g/mol. The third kappa shape index (κ3) is 5.29. The van der Waals surface area contributed by atoms with Gasteiger partial charge < -0.3 is 5.32 Å². The Hall–Kier alpha value is -2.42. The predicted octanol–water partition coefficient (Wildman–Crippen LogP) is 5.31. The highest BCUT2D eigenvalue weighted by molar-refractivity contribution is 7.99. The van der Waals surface area contributed by atoms with E-state index in [9.17, 15) is 13.2 Å². The highest BCUT2D eigenvalue weighted by Gasteiger charge is 2.28. The van der Waals surface area contributed by atoms with Gasteiger partial charge in [0.1, 0.15) is 0 Å². The number of aromatic nitrogens is 1. The van der Waals surface area contributed by atoms with Crippen LogP contribution < -0.4 is 5.32 Å². The molecular weight excluding hydrogens is 466 g/mol. The van der Waals surface area contributed by atoms with Gasteiger partial charge in [0.05, 0.1) is 21.2 Å². The van der Waals surface area contributed by atoms with Crippen LogP contribution in [0.5, 0.6) is 0 Å². The van der Waals surface area contributed by atoms with Crippen molar-refractivity contribution in [2.75, 3.05) is 24.2 Å². The zero-order valence-corrected chi connectivity index (χ0v) is 21.7. The Labute approximate surface area is 206 Å². The summed E-state index contributed by atoms with van der Waals surface area (Å²) < 4.78 is 27.9. The average Bonchev–Trinajstić information content (AvgIpc) is 2.80. The molecule has 0 aliphatic carbocycles. The van der Waals surface area contributed by atoms with Crippen molar-refractivity contribution < 1.29 is 13.2 Å². The Balaban J connectivity index is 1.49. The number of carbonyl (C=O) groups is 1. The number of aryl methyl sites for hydroxylation is 3. The second-order valence-corrected chi connectivity index (χ2v) is 12.1. The maximum Gasteiger partial charge on any atom is 0.243 e. The molecule has 1 N–H and O–H groups in total. The van der Waals surface area contributed by atoms with Crippen LogP contribution in [0.1, 0.15) is 36.5 Å². The number of fused-ring (bicyclic) bond motifs is 1. The molecule has 34 heavy (non-hydrogen) atoms. The molecule has 6 nitrogen and oxygen atoms in total. The summed E-state index contributed by atoms with van der Waals surface area (Å²) >= 11 is 1.37. The van der Waals surface area contributed by atoms with Crippen molar-refractivity contribution in [2.24, 2.45) is 5.92 Å². The second-order valence-electron chi connectivity index (χ2n) is 9.15. The summed E-state index contributed by atoms with van der Waals surface area (Å²) in [7, 11) is -3.51. The third-order valence-corrected chi connectivity index (χ3v) is 9.25. The number of hydrogen-bond acceptors (Lipinski definition) is 5. The molecule has 1 amide bonds. The Morgan fingerprint density at radius 3 is 2.41 bits per heavy atom. The lowest BCUT2D eigenvalue weighted by Crippen LogP contribution is -2.37. The Morgan fingerprint density at radius 1 is 1.06 bits per heavy atom. The van der Waals surface area contributed by atoms with Gasteiger partial charge in [-0.15, -0.1) is 0 Å². The Kier molecular flexibility index (Phi) is 7.31. The van der Waals surface area contributed by atoms with Gasteiger partial charge in [-0.3, -0.25) is 4.79 Å². The van der Waals surface area contributed by atoms with E-state index in [1.807, 2.05) is 45.0 Å². The third-order valence-electron chi connectivity index (χ3n) is 6.44. The van der Waals surface area contributed by atoms with Crippen molar-refractivity contribution >= 4 is 44.3 Å². The molecule has 1 saturated heterocycles. The minimum absolute atomic E-state index is 0.0840. The minimum Gasteiger partial charge on any atom is -0.325 e. The number of hydrogen-bond donors (Lipinski definition) is 1. The molecular formula is C26H31N3O3S2. The van der Waals surface area contributed by atoms with E-state index in [2.05, 4.69) is 17.2 Å². The molecule has 1 aliphatic heterocycles. The first-order chi connectivity index (χ1) is 16.1. The molecule has 2 aromatic carbocycles. The van der Waals surface area contributed by atoms with Gasteiger partial charge in [0.15, 0.2) is 0 Å². The first-order valence-corrected chi connectivity index (χ1v) is 14.0. The van der Waals surface area contributed by atoms with E-state index in [4.69, 9.17) is 0 Å². The molecule has 0 atom stereocenters. The molecule has 180 valence electrons. The van der Waals surface area contributed by atoms with E-state index < -0.39 is 10.0 Å². The zero-order valence-electron chi connectivity index (χ0n) is 20.1. The number of nitrogens with zero attached hydrogens (tertiary/aromatic N) is 2. The summed E-state index contributed by atoms with van der Waals surface area (Å²) in [6.45, 7) is 9.20. The molecule has 8 heteroatoms. The number of amides is 1. The quantitative estimate of drug-likeness (QED) is 0.467. The van der Waals surface area contributed by atoms with E-state index in [1.165, 1.54) is 11.8 Å². The number of thioether (sulfide) groups is 1. The van der Waals surface area contributed by atoms with Crippen LogP contribution in [0.25, 0.3) is 10.9 Å². The smallest absolute Gasteiger partial charge is 0.243 e. The number of rotatable bonds is 6. The van der Waals surface area contributed by atoms with E-state index in [-0.39, 0.29) is 11.7 Å². The molecule has 0 saturated carbocycles. The van der Waals surface area contributed by atoms with E-state index in [1.54, 1.807) is 22.5 Å². The fraction of sp³-hybridized carbons (Fsp3) is 0.385. The van der Waals surface area contributed by atoms with E-state index in [0.717, 1.165) is 51.1 Å². The van der Waals surface area contributed by atoms with Gasteiger partial charge >= 0.3 is 0 Å². The lowest BCUT2D eigenvalue weighted by Gasteiger charge is -2.29. The molecule has 0 unspecified atom stereocenters. The molecule has 0 bridgehead atoms. The number of para-hydroxylation sites is 1. The topological polar surface area (TPSA) is 79.4 Å². The summed E-state index contributed by atoms with van der Waals surface area (Å²) in [4.78, 5) is 17.5. The van der Waals surface area contributed by atoms with Crippen LogP contribution in [0.15, 0.2) is 52.4 Å². The number of anilines is 1. The van der Waals surface area contributed by atoms with Gasteiger partial charge in [-0.1, -0.05) is 36.9 Å². The van der Waals surface area contributed by atoms with E-state index >= 15 is 0 Å². The summed E-state index contributed by atoms with van der Waals surface area (Å²) in [6.07, 6.45) is 1.79. The number of carbonyl (C=O) groups excluding carboxylic acids is 1. The molecule has 1 fully saturated rings. The van der Waals surface area contributed by atoms with Gasteiger partial charge in [0.2, 0.25) is 15.9 Å². The van der Waals surface area contributed by atoms with Crippen molar-refractivity contribution in [3.63, 3.8) is 0 Å². The van der Waals surface area contributed by atoms with Crippen molar-refractivity contribution in [1.29, 1.82) is 0 Å². The van der Waals surface area contributed by atoms with Gasteiger partial charge in [0, 0.05) is 24.2 Å². The number of piperidine rings is 1. The number of nitrogens with one attached hydrogen (secondary N) is 1. The minimum atomic E-state index is -3.51. The fourth-order valence-corrected chi connectivity index (χ4v) is 6.55. The zero-order chi connectivity index (χ0) is 24.5. The number of pyridine rings is 1. The summed E-state index contributed by atoms with van der Waals surface area (Å²) in [6, 6.07) is 13.0. The van der Waals surface area contributed by atoms with Crippen molar-refractivity contribution in [2.45, 2.75) is 50.5 Å². The highest BCUT2D eigenvalue weighted by atomic mass is 32.2. The Bertz CT molecular complexity index is 1310. The van der Waals surface area contributed by atoms with Gasteiger partial charge in [-0.05, 0) is 80.5 Å². The van der Waals surface area contributed by atoms with Gasteiger partial charge in [0.25, 0.3) is 0 Å². The molecule has 1 aromatic heterocycles. The molecule has 1 aliphatic rings. The summed E-state index contributed by atoms with van der Waals surface area (Å²) in [5.41, 5.74) is 4.58. The largest absolute Gasteiger partial charge is 0.325 e. The molecule has 0 radical (unpaired) electrons. The normalized spacial score (nSPS) is 15.5. The molecule has 0 spiro atoms. The lowest BCUT2D eigenvalue weighted by molar-refractivity contribution is -0.113. The SMILES string of the molecule is Cc1cccc(C)c1NC(=O)CSc1cc(C)c2cc(S(=O)(=O)N3CCC(C)CC3)ccc2n1. The van der Waals surface area contributed by atoms with Crippen molar-refractivity contribution in [3.8, 4) is 0 Å². The first kappa shape index (κ1) is 24.7. The van der Waals surface area contributed by atoms with Crippen LogP contribution in [-0.2, 0) is 14.8 Å². The van der Waals surface area contributed by atoms with Crippen LogP contribution in [-0.4, -0.2) is 42.5 Å². The highest BCUT2D eigenvalue weighted by Crippen LogP contribution is 2.29. The monoisotopic (exact) mass is 497 g/mol. The summed E-state index contributed by atoms with van der Waals surface area (Å²) in [5, 5.41) is 4.55. The van der Waals surface area contributed by atoms with Crippen LogP contribution in [0, 0.1) is 26.7 Å². The lowest BCUT2D eigenvalue weighted by atomic mass is 10.0. The molecule has 2 heterocycles. The standard InChI is InChI=1S/C26H31N3O3S2/c1-17-10-12-29(13-11-17)34(31,32)21-8-9-23-22(15-21)20(4)14-25(27-23)33-16-24(30)28-26-18(2)6-5-7-19(26)3/h5-9,14-15,17H,10-13,16H2,1-4H3,(H,28,30). The molecule has 3 aromatic rings. The fourth-order valence-electron chi connectivity index (χ4n) is 4.28. The van der Waals surface area contributed by atoms with Crippen molar-refractivity contribution in [3.05, 3.63) is 59.2 Å². The second kappa shape index (κ2) is 10.1.